The van der Waals surface area contributed by atoms with E-state index in [-0.39, 0.29) is 0 Å². The van der Waals surface area contributed by atoms with Crippen LogP contribution in [0.5, 0.6) is 0 Å². The van der Waals surface area contributed by atoms with Crippen LogP contribution in [0.4, 0.5) is 5.69 Å². The minimum atomic E-state index is 0.640. The first-order valence-electron chi connectivity index (χ1n) is 7.45. The van der Waals surface area contributed by atoms with Crippen molar-refractivity contribution in [2.24, 2.45) is 5.73 Å². The van der Waals surface area contributed by atoms with Crippen molar-refractivity contribution in [3.05, 3.63) is 102 Å². The van der Waals surface area contributed by atoms with Crippen LogP contribution in [0.25, 0.3) is 0 Å². The van der Waals surface area contributed by atoms with Gasteiger partial charge in [-0.15, -0.1) is 0 Å². The number of rotatable bonds is 4. The van der Waals surface area contributed by atoms with Gasteiger partial charge in [0, 0.05) is 18.8 Å². The van der Waals surface area contributed by atoms with Gasteiger partial charge in [-0.25, -0.2) is 0 Å². The van der Waals surface area contributed by atoms with Crippen LogP contribution in [-0.4, -0.2) is 0 Å². The van der Waals surface area contributed by atoms with E-state index < -0.39 is 0 Å². The van der Waals surface area contributed by atoms with Crippen LogP contribution in [0.1, 0.15) is 11.1 Å². The number of benzene rings is 3. The molecule has 0 aliphatic rings. The summed E-state index contributed by atoms with van der Waals surface area (Å²) < 4.78 is 0. The number of para-hydroxylation sites is 1. The van der Waals surface area contributed by atoms with Crippen molar-refractivity contribution in [3.8, 4) is 0 Å². The van der Waals surface area contributed by atoms with Crippen LogP contribution in [-0.2, 0) is 13.1 Å². The van der Waals surface area contributed by atoms with Crippen molar-refractivity contribution in [1.29, 1.82) is 0 Å². The molecule has 3 aromatic carbocycles. The van der Waals surface area contributed by atoms with Crippen molar-refractivity contribution < 1.29 is 0 Å². The predicted molar refractivity (Wildman–Crippen MR) is 94.5 cm³/mol. The van der Waals surface area contributed by atoms with Crippen molar-refractivity contribution in [2.75, 3.05) is 5.32 Å². The largest absolute Gasteiger partial charge is 0.381 e. The molecule has 3 rings (SSSR count). The SMILES string of the molecule is NCc1ccccc1.c1ccc(CNc2ccccc2)cc1. The molecule has 0 heterocycles. The van der Waals surface area contributed by atoms with Gasteiger partial charge in [-0.05, 0) is 23.3 Å². The second-order valence-electron chi connectivity index (χ2n) is 4.89. The van der Waals surface area contributed by atoms with Gasteiger partial charge in [-0.3, -0.25) is 0 Å². The summed E-state index contributed by atoms with van der Waals surface area (Å²) in [7, 11) is 0. The van der Waals surface area contributed by atoms with Crippen LogP contribution in [0.15, 0.2) is 91.0 Å². The molecule has 0 spiro atoms. The summed E-state index contributed by atoms with van der Waals surface area (Å²) >= 11 is 0. The predicted octanol–water partition coefficient (Wildman–Crippen LogP) is 4.44. The van der Waals surface area contributed by atoms with Gasteiger partial charge in [0.15, 0.2) is 0 Å². The molecule has 0 fully saturated rings. The number of hydrogen-bond acceptors (Lipinski definition) is 2. The molecule has 0 saturated carbocycles. The molecule has 3 aromatic rings. The maximum absolute atomic E-state index is 5.35. The lowest BCUT2D eigenvalue weighted by atomic mass is 10.2. The minimum Gasteiger partial charge on any atom is -0.381 e. The van der Waals surface area contributed by atoms with Crippen molar-refractivity contribution in [2.45, 2.75) is 13.1 Å². The average Bonchev–Trinajstić information content (AvgIpc) is 2.63. The van der Waals surface area contributed by atoms with Crippen LogP contribution in [0.2, 0.25) is 0 Å². The summed E-state index contributed by atoms with van der Waals surface area (Å²) in [6.45, 7) is 1.52. The van der Waals surface area contributed by atoms with Gasteiger partial charge >= 0.3 is 0 Å². The Labute approximate surface area is 132 Å². The lowest BCUT2D eigenvalue weighted by Crippen LogP contribution is -1.98. The van der Waals surface area contributed by atoms with Gasteiger partial charge in [-0.1, -0.05) is 78.9 Å². The molecular formula is C20H22N2. The molecule has 3 N–H and O–H groups in total. The zero-order valence-electron chi connectivity index (χ0n) is 12.7. The van der Waals surface area contributed by atoms with Gasteiger partial charge in [-0.2, -0.15) is 0 Å². The van der Waals surface area contributed by atoms with Crippen LogP contribution < -0.4 is 11.1 Å². The number of hydrogen-bond donors (Lipinski definition) is 2. The van der Waals surface area contributed by atoms with E-state index in [0.29, 0.717) is 6.54 Å². The Balaban J connectivity index is 0.000000188. The number of nitrogens with one attached hydrogen (secondary N) is 1. The van der Waals surface area contributed by atoms with Gasteiger partial charge in [0.2, 0.25) is 0 Å². The second-order valence-corrected chi connectivity index (χ2v) is 4.89. The van der Waals surface area contributed by atoms with E-state index in [2.05, 4.69) is 41.7 Å². The molecular weight excluding hydrogens is 268 g/mol. The third-order valence-corrected chi connectivity index (χ3v) is 3.19. The Morgan fingerprint density at radius 2 is 1.05 bits per heavy atom. The summed E-state index contributed by atoms with van der Waals surface area (Å²) in [5.41, 5.74) is 9.00. The summed E-state index contributed by atoms with van der Waals surface area (Å²) in [4.78, 5) is 0. The van der Waals surface area contributed by atoms with Crippen LogP contribution in [0.3, 0.4) is 0 Å². The molecule has 0 bridgehead atoms. The topological polar surface area (TPSA) is 38.0 Å². The van der Waals surface area contributed by atoms with Crippen molar-refractivity contribution >= 4 is 5.69 Å². The molecule has 0 aliphatic heterocycles. The summed E-state index contributed by atoms with van der Waals surface area (Å²) in [6, 6.07) is 30.6. The van der Waals surface area contributed by atoms with Crippen molar-refractivity contribution in [3.63, 3.8) is 0 Å². The summed E-state index contributed by atoms with van der Waals surface area (Å²) in [5, 5.41) is 3.36. The fraction of sp³-hybridized carbons (Fsp3) is 0.100. The molecule has 0 amide bonds. The highest BCUT2D eigenvalue weighted by molar-refractivity contribution is 5.43. The zero-order valence-corrected chi connectivity index (χ0v) is 12.7. The lowest BCUT2D eigenvalue weighted by molar-refractivity contribution is 1.07. The highest BCUT2D eigenvalue weighted by atomic mass is 14.9. The normalized spacial score (nSPS) is 9.50. The van der Waals surface area contributed by atoms with Crippen LogP contribution in [0, 0.1) is 0 Å². The highest BCUT2D eigenvalue weighted by Crippen LogP contribution is 2.07. The third-order valence-electron chi connectivity index (χ3n) is 3.19. The molecule has 112 valence electrons. The number of anilines is 1. The van der Waals surface area contributed by atoms with Gasteiger partial charge in [0.05, 0.1) is 0 Å². The van der Waals surface area contributed by atoms with E-state index in [4.69, 9.17) is 5.73 Å². The molecule has 2 heteroatoms. The van der Waals surface area contributed by atoms with Gasteiger partial charge in [0.1, 0.15) is 0 Å². The summed E-state index contributed by atoms with van der Waals surface area (Å²) in [6.07, 6.45) is 0. The average molecular weight is 290 g/mol. The molecule has 0 aliphatic carbocycles. The molecule has 2 nitrogen and oxygen atoms in total. The standard InChI is InChI=1S/C13H13N.C7H9N/c1-3-7-12(8-4-1)11-14-13-9-5-2-6-10-13;8-6-7-4-2-1-3-5-7/h1-10,14H,11H2;1-5H,6,8H2. The minimum absolute atomic E-state index is 0.640. The first-order valence-corrected chi connectivity index (χ1v) is 7.45. The smallest absolute Gasteiger partial charge is 0.0400 e. The fourth-order valence-electron chi connectivity index (χ4n) is 1.97. The monoisotopic (exact) mass is 290 g/mol. The van der Waals surface area contributed by atoms with Gasteiger partial charge in [0.25, 0.3) is 0 Å². The first-order chi connectivity index (χ1) is 10.9. The molecule has 0 unspecified atom stereocenters. The van der Waals surface area contributed by atoms with E-state index in [9.17, 15) is 0 Å². The second kappa shape index (κ2) is 9.37. The molecule has 22 heavy (non-hydrogen) atoms. The van der Waals surface area contributed by atoms with Crippen molar-refractivity contribution in [1.82, 2.24) is 0 Å². The first kappa shape index (κ1) is 15.8. The summed E-state index contributed by atoms with van der Waals surface area (Å²) in [5.74, 6) is 0. The maximum atomic E-state index is 5.35. The highest BCUT2D eigenvalue weighted by Gasteiger charge is 1.90. The Hall–Kier alpha value is -2.58. The molecule has 0 saturated heterocycles. The molecule has 0 aromatic heterocycles. The van der Waals surface area contributed by atoms with E-state index in [1.54, 1.807) is 0 Å². The van der Waals surface area contributed by atoms with E-state index in [1.165, 1.54) is 11.1 Å². The van der Waals surface area contributed by atoms with Crippen LogP contribution >= 0.6 is 0 Å². The zero-order chi connectivity index (χ0) is 15.5. The maximum Gasteiger partial charge on any atom is 0.0400 e. The van der Waals surface area contributed by atoms with E-state index >= 15 is 0 Å². The molecule has 0 atom stereocenters. The lowest BCUT2D eigenvalue weighted by Gasteiger charge is -2.05. The van der Waals surface area contributed by atoms with E-state index in [1.807, 2.05) is 54.6 Å². The molecule has 0 radical (unpaired) electrons. The Morgan fingerprint density at radius 1 is 0.591 bits per heavy atom. The quantitative estimate of drug-likeness (QED) is 0.745. The Morgan fingerprint density at radius 3 is 1.50 bits per heavy atom. The fourth-order valence-corrected chi connectivity index (χ4v) is 1.97. The third kappa shape index (κ3) is 5.81. The van der Waals surface area contributed by atoms with E-state index in [0.717, 1.165) is 12.2 Å². The van der Waals surface area contributed by atoms with Gasteiger partial charge < -0.3 is 11.1 Å². The Kier molecular flexibility index (Phi) is 6.73. The number of nitrogens with two attached hydrogens (primary N) is 1. The Bertz CT molecular complexity index is 582.